The molecular formula is C20H18F2N4O4S. The number of nitriles is 1. The van der Waals surface area contributed by atoms with Crippen LogP contribution in [0.4, 0.5) is 8.78 Å². The Morgan fingerprint density at radius 2 is 2.19 bits per heavy atom. The number of aromatic nitrogens is 2. The first-order valence-electron chi connectivity index (χ1n) is 9.39. The summed E-state index contributed by atoms with van der Waals surface area (Å²) < 4.78 is 31.9. The van der Waals surface area contributed by atoms with Crippen LogP contribution in [-0.4, -0.2) is 35.0 Å². The van der Waals surface area contributed by atoms with Gasteiger partial charge >= 0.3 is 5.97 Å². The van der Waals surface area contributed by atoms with Crippen molar-refractivity contribution in [3.8, 4) is 6.07 Å². The second-order valence-corrected chi connectivity index (χ2v) is 7.68. The molecule has 0 radical (unpaired) electrons. The van der Waals surface area contributed by atoms with Crippen molar-refractivity contribution in [1.82, 2.24) is 15.3 Å². The highest BCUT2D eigenvalue weighted by Crippen LogP contribution is 2.47. The van der Waals surface area contributed by atoms with Gasteiger partial charge in [-0.1, -0.05) is 23.9 Å². The molecule has 1 amide bonds. The van der Waals surface area contributed by atoms with Crippen LogP contribution < -0.4 is 10.9 Å². The number of thioether (sulfide) groups is 1. The van der Waals surface area contributed by atoms with Gasteiger partial charge in [0.05, 0.1) is 12.3 Å². The Morgan fingerprint density at radius 3 is 2.90 bits per heavy atom. The highest BCUT2D eigenvalue weighted by molar-refractivity contribution is 7.98. The molecule has 1 saturated carbocycles. The number of amides is 1. The topological polar surface area (TPSA) is 125 Å². The van der Waals surface area contributed by atoms with Crippen molar-refractivity contribution in [3.05, 3.63) is 57.0 Å². The van der Waals surface area contributed by atoms with Crippen molar-refractivity contribution in [3.63, 3.8) is 0 Å². The summed E-state index contributed by atoms with van der Waals surface area (Å²) in [4.78, 5) is 42.7. The number of carbonyl (C=O) groups is 2. The molecule has 1 aliphatic carbocycles. The Bertz CT molecular complexity index is 1120. The first kappa shape index (κ1) is 22.4. The van der Waals surface area contributed by atoms with E-state index in [0.717, 1.165) is 17.8 Å². The largest absolute Gasteiger partial charge is 0.465 e. The van der Waals surface area contributed by atoms with E-state index in [-0.39, 0.29) is 40.9 Å². The molecule has 8 nitrogen and oxygen atoms in total. The Morgan fingerprint density at radius 1 is 1.42 bits per heavy atom. The Labute approximate surface area is 180 Å². The molecule has 1 heterocycles. The molecule has 1 fully saturated rings. The minimum atomic E-state index is -0.980. The molecule has 0 spiro atoms. The summed E-state index contributed by atoms with van der Waals surface area (Å²) in [5.74, 6) is -3.91. The van der Waals surface area contributed by atoms with E-state index in [9.17, 15) is 28.4 Å². The van der Waals surface area contributed by atoms with Crippen LogP contribution in [0.15, 0.2) is 28.2 Å². The molecule has 11 heteroatoms. The summed E-state index contributed by atoms with van der Waals surface area (Å²) in [7, 11) is 0. The van der Waals surface area contributed by atoms with Crippen LogP contribution in [0.3, 0.4) is 0 Å². The minimum absolute atomic E-state index is 0.00595. The summed E-state index contributed by atoms with van der Waals surface area (Å²) >= 11 is 0.974. The Balaban J connectivity index is 1.72. The zero-order valence-electron chi connectivity index (χ0n) is 16.4. The highest BCUT2D eigenvalue weighted by atomic mass is 32.2. The quantitative estimate of drug-likeness (QED) is 0.359. The van der Waals surface area contributed by atoms with Crippen molar-refractivity contribution in [1.29, 1.82) is 5.26 Å². The van der Waals surface area contributed by atoms with E-state index in [2.05, 4.69) is 15.3 Å². The standard InChI is InChI=1S/C20H18F2N4O4S/c1-2-30-15(27)8-24-18(28)12-6-11(12)17-13(7-23)19(29)26-20(25-17)31-9-10-4-3-5-14(21)16(10)22/h3-5,11-12H,2,6,8-9H2,1H3,(H,24,28)(H,25,26,29). The summed E-state index contributed by atoms with van der Waals surface area (Å²) in [6.45, 7) is 1.57. The number of halogens is 2. The van der Waals surface area contributed by atoms with Gasteiger partial charge in [-0.25, -0.2) is 13.8 Å². The van der Waals surface area contributed by atoms with E-state index in [1.54, 1.807) is 13.0 Å². The number of esters is 1. The molecule has 0 saturated heterocycles. The molecule has 0 aliphatic heterocycles. The predicted molar refractivity (Wildman–Crippen MR) is 106 cm³/mol. The average Bonchev–Trinajstić information content (AvgIpc) is 3.54. The molecule has 31 heavy (non-hydrogen) atoms. The highest BCUT2D eigenvalue weighted by Gasteiger charge is 2.46. The van der Waals surface area contributed by atoms with Gasteiger partial charge in [-0.2, -0.15) is 5.26 Å². The van der Waals surface area contributed by atoms with Gasteiger partial charge in [-0.15, -0.1) is 0 Å². The number of nitrogens with one attached hydrogen (secondary N) is 2. The van der Waals surface area contributed by atoms with Gasteiger partial charge in [0.15, 0.2) is 16.8 Å². The molecule has 0 bridgehead atoms. The maximum absolute atomic E-state index is 13.8. The number of H-pyrrole nitrogens is 1. The first-order valence-corrected chi connectivity index (χ1v) is 10.4. The lowest BCUT2D eigenvalue weighted by molar-refractivity contribution is -0.143. The zero-order chi connectivity index (χ0) is 22.5. The number of rotatable bonds is 8. The van der Waals surface area contributed by atoms with Gasteiger partial charge in [0.2, 0.25) is 5.91 Å². The molecule has 162 valence electrons. The van der Waals surface area contributed by atoms with E-state index >= 15 is 0 Å². The normalized spacial score (nSPS) is 17.0. The molecule has 2 unspecified atom stereocenters. The number of hydrogen-bond acceptors (Lipinski definition) is 7. The zero-order valence-corrected chi connectivity index (χ0v) is 17.2. The first-order chi connectivity index (χ1) is 14.8. The summed E-state index contributed by atoms with van der Waals surface area (Å²) in [6.07, 6.45) is 0.364. The van der Waals surface area contributed by atoms with E-state index in [1.807, 2.05) is 0 Å². The third kappa shape index (κ3) is 5.27. The van der Waals surface area contributed by atoms with Crippen LogP contribution in [-0.2, 0) is 20.1 Å². The molecule has 1 aromatic heterocycles. The average molecular weight is 448 g/mol. The number of ether oxygens (including phenoxy) is 1. The van der Waals surface area contributed by atoms with Crippen LogP contribution in [0.25, 0.3) is 0 Å². The van der Waals surface area contributed by atoms with Gasteiger partial charge in [-0.3, -0.25) is 14.4 Å². The second kappa shape index (κ2) is 9.70. The summed E-state index contributed by atoms with van der Waals surface area (Å²) in [5, 5.41) is 11.9. The van der Waals surface area contributed by atoms with Crippen LogP contribution >= 0.6 is 11.8 Å². The number of nitrogens with zero attached hydrogens (tertiary/aromatic N) is 2. The maximum atomic E-state index is 13.8. The van der Waals surface area contributed by atoms with Crippen LogP contribution in [0.1, 0.15) is 36.1 Å². The number of benzene rings is 1. The predicted octanol–water partition coefficient (Wildman–Crippen LogP) is 1.99. The third-order valence-electron chi connectivity index (χ3n) is 4.62. The van der Waals surface area contributed by atoms with E-state index in [1.165, 1.54) is 12.1 Å². The van der Waals surface area contributed by atoms with Crippen molar-refractivity contribution in [2.75, 3.05) is 13.2 Å². The van der Waals surface area contributed by atoms with Gasteiger partial charge < -0.3 is 15.0 Å². The number of hydrogen-bond donors (Lipinski definition) is 2. The fourth-order valence-electron chi connectivity index (χ4n) is 3.01. The van der Waals surface area contributed by atoms with Crippen LogP contribution in [0, 0.1) is 28.9 Å². The number of aromatic amines is 1. The maximum Gasteiger partial charge on any atom is 0.325 e. The molecule has 3 rings (SSSR count). The van der Waals surface area contributed by atoms with Crippen molar-refractivity contribution in [2.45, 2.75) is 30.2 Å². The van der Waals surface area contributed by atoms with Gasteiger partial charge in [-0.05, 0) is 19.4 Å². The van der Waals surface area contributed by atoms with E-state index in [0.29, 0.717) is 6.42 Å². The number of carbonyl (C=O) groups excluding carboxylic acids is 2. The second-order valence-electron chi connectivity index (χ2n) is 6.72. The molecule has 2 N–H and O–H groups in total. The van der Waals surface area contributed by atoms with E-state index < -0.39 is 40.9 Å². The van der Waals surface area contributed by atoms with Crippen molar-refractivity contribution >= 4 is 23.6 Å². The summed E-state index contributed by atoms with van der Waals surface area (Å²) in [5.41, 5.74) is -0.606. The Kier molecular flexibility index (Phi) is 7.02. The van der Waals surface area contributed by atoms with Crippen LogP contribution in [0.2, 0.25) is 0 Å². The Hall–Kier alpha value is -3.26. The van der Waals surface area contributed by atoms with Gasteiger partial charge in [0.1, 0.15) is 18.2 Å². The molecule has 2 aromatic rings. The smallest absolute Gasteiger partial charge is 0.325 e. The van der Waals surface area contributed by atoms with Crippen molar-refractivity contribution in [2.24, 2.45) is 5.92 Å². The molecule has 2 atom stereocenters. The molecule has 1 aliphatic rings. The van der Waals surface area contributed by atoms with Crippen LogP contribution in [0.5, 0.6) is 0 Å². The minimum Gasteiger partial charge on any atom is -0.465 e. The lowest BCUT2D eigenvalue weighted by Crippen LogP contribution is -2.32. The lowest BCUT2D eigenvalue weighted by Gasteiger charge is -2.08. The summed E-state index contributed by atoms with van der Waals surface area (Å²) in [6, 6.07) is 5.59. The fourth-order valence-corrected chi connectivity index (χ4v) is 3.85. The lowest BCUT2D eigenvalue weighted by atomic mass is 10.1. The SMILES string of the molecule is CCOC(=O)CNC(=O)C1CC1c1nc(SCc2cccc(F)c2F)[nH]c(=O)c1C#N. The molecule has 1 aromatic carbocycles. The van der Waals surface area contributed by atoms with Gasteiger partial charge in [0.25, 0.3) is 5.56 Å². The van der Waals surface area contributed by atoms with E-state index in [4.69, 9.17) is 4.74 Å². The monoisotopic (exact) mass is 448 g/mol. The van der Waals surface area contributed by atoms with Crippen molar-refractivity contribution < 1.29 is 23.1 Å². The third-order valence-corrected chi connectivity index (χ3v) is 5.55. The van der Waals surface area contributed by atoms with Gasteiger partial charge in [0, 0.05) is 23.2 Å². The molecular weight excluding hydrogens is 430 g/mol. The fraction of sp³-hybridized carbons (Fsp3) is 0.350.